The third kappa shape index (κ3) is 5.46. The molecule has 2 aromatic carbocycles. The first-order chi connectivity index (χ1) is 12.0. The first-order valence-electron chi connectivity index (χ1n) is 7.70. The number of benzene rings is 2. The van der Waals surface area contributed by atoms with Crippen LogP contribution in [-0.4, -0.2) is 25.0 Å². The number of hydrogen-bond donors (Lipinski definition) is 1. The Kier molecular flexibility index (Phi) is 6.28. The number of amides is 1. The lowest BCUT2D eigenvalue weighted by Crippen LogP contribution is -2.05. The highest BCUT2D eigenvalue weighted by atomic mass is 16.6. The molecule has 0 unspecified atom stereocenters. The van der Waals surface area contributed by atoms with Crippen LogP contribution < -0.4 is 10.1 Å². The highest BCUT2D eigenvalue weighted by Crippen LogP contribution is 2.21. The lowest BCUT2D eigenvalue weighted by Gasteiger charge is -2.08. The third-order valence-corrected chi connectivity index (χ3v) is 3.41. The molecule has 1 amide bonds. The van der Waals surface area contributed by atoms with Crippen LogP contribution in [-0.2, 0) is 16.2 Å². The van der Waals surface area contributed by atoms with Crippen molar-refractivity contribution in [2.75, 3.05) is 12.4 Å². The number of carbonyl (C=O) groups excluding carboxylic acids is 2. The molecule has 0 bridgehead atoms. The summed E-state index contributed by atoms with van der Waals surface area (Å²) < 4.78 is 5.26. The molecule has 0 aliphatic heterocycles. The van der Waals surface area contributed by atoms with Gasteiger partial charge in [0.25, 0.3) is 0 Å². The zero-order chi connectivity index (χ0) is 18.2. The van der Waals surface area contributed by atoms with Crippen LogP contribution in [0.5, 0.6) is 5.75 Å². The minimum Gasteiger partial charge on any atom is -0.496 e. The Morgan fingerprint density at radius 2 is 1.84 bits per heavy atom. The lowest BCUT2D eigenvalue weighted by molar-refractivity contribution is -0.114. The molecule has 2 rings (SSSR count). The Morgan fingerprint density at radius 1 is 1.12 bits per heavy atom. The monoisotopic (exact) mass is 340 g/mol. The number of carbonyl (C=O) groups is 2. The molecule has 0 aliphatic carbocycles. The van der Waals surface area contributed by atoms with Gasteiger partial charge < -0.3 is 14.9 Å². The highest BCUT2D eigenvalue weighted by Gasteiger charge is 2.07. The van der Waals surface area contributed by atoms with Gasteiger partial charge in [-0.15, -0.1) is 0 Å². The Labute approximate surface area is 146 Å². The van der Waals surface area contributed by atoms with E-state index in [-0.39, 0.29) is 18.3 Å². The Balaban J connectivity index is 1.97. The predicted octanol–water partition coefficient (Wildman–Crippen LogP) is 3.41. The molecule has 1 N–H and O–H groups in total. The summed E-state index contributed by atoms with van der Waals surface area (Å²) in [5.41, 5.74) is 2.89. The molecule has 0 heterocycles. The smallest absolute Gasteiger partial charge is 0.221 e. The zero-order valence-corrected chi connectivity index (χ0v) is 14.4. The van der Waals surface area contributed by atoms with E-state index in [0.717, 1.165) is 16.8 Å². The van der Waals surface area contributed by atoms with E-state index in [1.165, 1.54) is 13.8 Å². The summed E-state index contributed by atoms with van der Waals surface area (Å²) in [6.07, 6.45) is 1.57. The van der Waals surface area contributed by atoms with Gasteiger partial charge in [0.15, 0.2) is 5.78 Å². The van der Waals surface area contributed by atoms with E-state index in [4.69, 9.17) is 9.57 Å². The Morgan fingerprint density at radius 3 is 2.44 bits per heavy atom. The lowest BCUT2D eigenvalue weighted by atomic mass is 10.1. The zero-order valence-electron chi connectivity index (χ0n) is 14.4. The summed E-state index contributed by atoms with van der Waals surface area (Å²) >= 11 is 0. The summed E-state index contributed by atoms with van der Waals surface area (Å²) in [5.74, 6) is 0.498. The standard InChI is InChI=1S/C19H20N2O4/c1-13(22)16-6-9-19(24-3)17(10-16)12-25-20-11-15-4-7-18(8-5-15)21-14(2)23/h4-11H,12H2,1-3H3,(H,21,23). The average molecular weight is 340 g/mol. The van der Waals surface area contributed by atoms with E-state index in [1.54, 1.807) is 43.7 Å². The van der Waals surface area contributed by atoms with Gasteiger partial charge in [0, 0.05) is 23.7 Å². The van der Waals surface area contributed by atoms with Crippen LogP contribution in [0.4, 0.5) is 5.69 Å². The van der Waals surface area contributed by atoms with E-state index in [2.05, 4.69) is 10.5 Å². The first-order valence-corrected chi connectivity index (χ1v) is 7.70. The van der Waals surface area contributed by atoms with Gasteiger partial charge in [-0.3, -0.25) is 9.59 Å². The number of methoxy groups -OCH3 is 1. The summed E-state index contributed by atoms with van der Waals surface area (Å²) in [5, 5.41) is 6.62. The van der Waals surface area contributed by atoms with Crippen molar-refractivity contribution >= 4 is 23.6 Å². The first kappa shape index (κ1) is 18.2. The second-order valence-corrected chi connectivity index (χ2v) is 5.39. The van der Waals surface area contributed by atoms with Gasteiger partial charge in [0.2, 0.25) is 5.91 Å². The van der Waals surface area contributed by atoms with Crippen molar-refractivity contribution in [1.29, 1.82) is 0 Å². The second-order valence-electron chi connectivity index (χ2n) is 5.39. The van der Waals surface area contributed by atoms with Crippen molar-refractivity contribution in [3.05, 3.63) is 59.2 Å². The SMILES string of the molecule is COc1ccc(C(C)=O)cc1CON=Cc1ccc(NC(C)=O)cc1. The van der Waals surface area contributed by atoms with Gasteiger partial charge in [-0.1, -0.05) is 17.3 Å². The van der Waals surface area contributed by atoms with E-state index < -0.39 is 0 Å². The molecular formula is C19H20N2O4. The highest BCUT2D eigenvalue weighted by molar-refractivity contribution is 5.94. The van der Waals surface area contributed by atoms with Crippen molar-refractivity contribution in [2.24, 2.45) is 5.16 Å². The van der Waals surface area contributed by atoms with Crippen molar-refractivity contribution < 1.29 is 19.2 Å². The third-order valence-electron chi connectivity index (χ3n) is 3.41. The van der Waals surface area contributed by atoms with Gasteiger partial charge in [-0.05, 0) is 42.8 Å². The molecule has 130 valence electrons. The number of rotatable bonds is 7. The Hall–Kier alpha value is -3.15. The molecule has 6 heteroatoms. The minimum absolute atomic E-state index is 0.0216. The molecule has 6 nitrogen and oxygen atoms in total. The van der Waals surface area contributed by atoms with Crippen molar-refractivity contribution in [3.8, 4) is 5.75 Å². The van der Waals surface area contributed by atoms with Gasteiger partial charge in [0.05, 0.1) is 13.3 Å². The molecular weight excluding hydrogens is 320 g/mol. The number of nitrogens with zero attached hydrogens (tertiary/aromatic N) is 1. The number of Topliss-reactive ketones (excluding diaryl/α,β-unsaturated/α-hetero) is 1. The fourth-order valence-electron chi connectivity index (χ4n) is 2.17. The van der Waals surface area contributed by atoms with E-state index in [0.29, 0.717) is 11.3 Å². The van der Waals surface area contributed by atoms with Crippen LogP contribution in [0, 0.1) is 0 Å². The molecule has 0 saturated carbocycles. The normalized spacial score (nSPS) is 10.5. The topological polar surface area (TPSA) is 77.0 Å². The van der Waals surface area contributed by atoms with Gasteiger partial charge in [-0.2, -0.15) is 0 Å². The van der Waals surface area contributed by atoms with Crippen LogP contribution in [0.15, 0.2) is 47.6 Å². The average Bonchev–Trinajstić information content (AvgIpc) is 2.59. The maximum Gasteiger partial charge on any atom is 0.221 e. The van der Waals surface area contributed by atoms with Gasteiger partial charge >= 0.3 is 0 Å². The number of ether oxygens (including phenoxy) is 1. The fraction of sp³-hybridized carbons (Fsp3) is 0.211. The van der Waals surface area contributed by atoms with Crippen molar-refractivity contribution in [2.45, 2.75) is 20.5 Å². The fourth-order valence-corrected chi connectivity index (χ4v) is 2.17. The predicted molar refractivity (Wildman–Crippen MR) is 96.1 cm³/mol. The Bertz CT molecular complexity index is 783. The van der Waals surface area contributed by atoms with E-state index in [1.807, 2.05) is 12.1 Å². The van der Waals surface area contributed by atoms with Crippen molar-refractivity contribution in [3.63, 3.8) is 0 Å². The number of nitrogens with one attached hydrogen (secondary N) is 1. The molecule has 0 saturated heterocycles. The van der Waals surface area contributed by atoms with E-state index in [9.17, 15) is 9.59 Å². The van der Waals surface area contributed by atoms with Crippen molar-refractivity contribution in [1.82, 2.24) is 0 Å². The van der Waals surface area contributed by atoms with Crippen LogP contribution in [0.25, 0.3) is 0 Å². The molecule has 0 atom stereocenters. The molecule has 0 fully saturated rings. The summed E-state index contributed by atoms with van der Waals surface area (Å²) in [7, 11) is 1.56. The van der Waals surface area contributed by atoms with Crippen LogP contribution in [0.2, 0.25) is 0 Å². The van der Waals surface area contributed by atoms with Gasteiger partial charge in [0.1, 0.15) is 12.4 Å². The molecule has 0 aliphatic rings. The maximum absolute atomic E-state index is 11.5. The van der Waals surface area contributed by atoms with Crippen LogP contribution in [0.3, 0.4) is 0 Å². The largest absolute Gasteiger partial charge is 0.496 e. The molecule has 0 radical (unpaired) electrons. The maximum atomic E-state index is 11.5. The van der Waals surface area contributed by atoms with E-state index >= 15 is 0 Å². The number of hydrogen-bond acceptors (Lipinski definition) is 5. The number of ketones is 1. The number of anilines is 1. The minimum atomic E-state index is -0.119. The molecule has 25 heavy (non-hydrogen) atoms. The molecule has 2 aromatic rings. The summed E-state index contributed by atoms with van der Waals surface area (Å²) in [6, 6.07) is 12.4. The molecule has 0 aromatic heterocycles. The second kappa shape index (κ2) is 8.63. The summed E-state index contributed by atoms with van der Waals surface area (Å²) in [6.45, 7) is 3.15. The number of oxime groups is 1. The quantitative estimate of drug-likeness (QED) is 0.476. The van der Waals surface area contributed by atoms with Crippen LogP contribution in [0.1, 0.15) is 35.3 Å². The summed E-state index contributed by atoms with van der Waals surface area (Å²) in [4.78, 5) is 27.7. The van der Waals surface area contributed by atoms with Crippen LogP contribution >= 0.6 is 0 Å². The molecule has 0 spiro atoms. The van der Waals surface area contributed by atoms with Gasteiger partial charge in [-0.25, -0.2) is 0 Å².